The lowest BCUT2D eigenvalue weighted by Gasteiger charge is -2.08. The van der Waals surface area contributed by atoms with Crippen LogP contribution in [0.15, 0.2) is 34.2 Å². The van der Waals surface area contributed by atoms with Gasteiger partial charge in [0.05, 0.1) is 18.9 Å². The Morgan fingerprint density at radius 1 is 1.25 bits per heavy atom. The van der Waals surface area contributed by atoms with Crippen molar-refractivity contribution in [1.82, 2.24) is 29.9 Å². The fraction of sp³-hybridized carbons (Fsp3) is 0.400. The van der Waals surface area contributed by atoms with Gasteiger partial charge in [-0.05, 0) is 12.1 Å². The third-order valence-corrected chi connectivity index (χ3v) is 4.28. The van der Waals surface area contributed by atoms with Crippen LogP contribution in [-0.4, -0.2) is 43.6 Å². The molecule has 3 aromatic rings. The van der Waals surface area contributed by atoms with E-state index in [0.717, 1.165) is 23.0 Å². The number of hydrogen-bond donors (Lipinski definition) is 0. The highest BCUT2D eigenvalue weighted by molar-refractivity contribution is 7.98. The molecular weight excluding hydrogens is 328 g/mol. The Kier molecular flexibility index (Phi) is 5.55. The first-order chi connectivity index (χ1) is 11.8. The van der Waals surface area contributed by atoms with Crippen LogP contribution in [0.25, 0.3) is 11.4 Å². The van der Waals surface area contributed by atoms with E-state index in [1.807, 2.05) is 23.6 Å². The summed E-state index contributed by atoms with van der Waals surface area (Å²) >= 11 is 1.51. The highest BCUT2D eigenvalue weighted by atomic mass is 32.2. The molecule has 0 amide bonds. The lowest BCUT2D eigenvalue weighted by atomic mass is 10.2. The van der Waals surface area contributed by atoms with Crippen molar-refractivity contribution in [2.24, 2.45) is 0 Å². The van der Waals surface area contributed by atoms with Crippen molar-refractivity contribution in [2.45, 2.75) is 30.8 Å². The van der Waals surface area contributed by atoms with Crippen molar-refractivity contribution >= 4 is 11.8 Å². The molecule has 0 saturated heterocycles. The molecule has 3 aromatic heterocycles. The quantitative estimate of drug-likeness (QED) is 0.573. The highest BCUT2D eigenvalue weighted by Gasteiger charge is 2.15. The van der Waals surface area contributed by atoms with Gasteiger partial charge in [-0.15, -0.1) is 10.2 Å². The molecular formula is C15H18N6O2S. The molecule has 3 heterocycles. The maximum Gasteiger partial charge on any atom is 0.237 e. The van der Waals surface area contributed by atoms with Crippen LogP contribution in [-0.2, 0) is 23.5 Å². The van der Waals surface area contributed by atoms with Gasteiger partial charge in [0.25, 0.3) is 0 Å². The zero-order valence-electron chi connectivity index (χ0n) is 13.5. The van der Waals surface area contributed by atoms with Gasteiger partial charge in [0.1, 0.15) is 0 Å². The average molecular weight is 346 g/mol. The molecule has 0 spiro atoms. The molecule has 126 valence electrons. The van der Waals surface area contributed by atoms with Crippen LogP contribution < -0.4 is 0 Å². The Labute approximate surface area is 143 Å². The maximum atomic E-state index is 5.22. The van der Waals surface area contributed by atoms with Crippen LogP contribution in [0.3, 0.4) is 0 Å². The van der Waals surface area contributed by atoms with Crippen LogP contribution in [0, 0.1) is 0 Å². The second-order valence-electron chi connectivity index (χ2n) is 4.93. The zero-order valence-corrected chi connectivity index (χ0v) is 14.4. The van der Waals surface area contributed by atoms with Crippen molar-refractivity contribution < 1.29 is 9.26 Å². The Bertz CT molecular complexity index is 773. The van der Waals surface area contributed by atoms with E-state index >= 15 is 0 Å². The van der Waals surface area contributed by atoms with Crippen LogP contribution in [0.5, 0.6) is 0 Å². The molecule has 0 radical (unpaired) electrons. The van der Waals surface area contributed by atoms with Crippen molar-refractivity contribution in [3.8, 4) is 11.4 Å². The maximum absolute atomic E-state index is 5.22. The molecule has 0 aliphatic heterocycles. The summed E-state index contributed by atoms with van der Waals surface area (Å²) in [6, 6.07) is 3.82. The standard InChI is InChI=1S/C15H18N6O2S/c1-3-12-17-13(23-20-12)10-24-15-19-18-14(21(15)8-9-22-2)11-4-6-16-7-5-11/h4-7H,3,8-10H2,1-2H3. The number of aryl methyl sites for hydroxylation is 1. The summed E-state index contributed by atoms with van der Waals surface area (Å²) in [6.07, 6.45) is 4.23. The van der Waals surface area contributed by atoms with Gasteiger partial charge in [0, 0.05) is 31.5 Å². The summed E-state index contributed by atoms with van der Waals surface area (Å²) in [5.74, 6) is 2.64. The van der Waals surface area contributed by atoms with Crippen LogP contribution in [0.2, 0.25) is 0 Å². The number of methoxy groups -OCH3 is 1. The Balaban J connectivity index is 1.80. The normalized spacial score (nSPS) is 11.1. The fourth-order valence-electron chi connectivity index (χ4n) is 2.11. The summed E-state index contributed by atoms with van der Waals surface area (Å²) < 4.78 is 12.4. The number of nitrogens with zero attached hydrogens (tertiary/aromatic N) is 6. The van der Waals surface area contributed by atoms with E-state index in [4.69, 9.17) is 9.26 Å². The van der Waals surface area contributed by atoms with Gasteiger partial charge < -0.3 is 9.26 Å². The van der Waals surface area contributed by atoms with Crippen molar-refractivity contribution in [1.29, 1.82) is 0 Å². The Hall–Kier alpha value is -2.26. The minimum Gasteiger partial charge on any atom is -0.383 e. The van der Waals surface area contributed by atoms with Gasteiger partial charge in [-0.3, -0.25) is 9.55 Å². The number of ether oxygens (including phenoxy) is 1. The molecule has 8 nitrogen and oxygen atoms in total. The molecule has 0 saturated carbocycles. The predicted molar refractivity (Wildman–Crippen MR) is 88.4 cm³/mol. The van der Waals surface area contributed by atoms with Crippen molar-refractivity contribution in [2.75, 3.05) is 13.7 Å². The first-order valence-electron chi connectivity index (χ1n) is 7.58. The van der Waals surface area contributed by atoms with Gasteiger partial charge >= 0.3 is 0 Å². The Morgan fingerprint density at radius 2 is 2.08 bits per heavy atom. The van der Waals surface area contributed by atoms with Gasteiger partial charge in [-0.25, -0.2) is 0 Å². The van der Waals surface area contributed by atoms with E-state index < -0.39 is 0 Å². The summed E-state index contributed by atoms with van der Waals surface area (Å²) in [4.78, 5) is 8.35. The monoisotopic (exact) mass is 346 g/mol. The lowest BCUT2D eigenvalue weighted by Crippen LogP contribution is -2.07. The second kappa shape index (κ2) is 8.02. The molecule has 3 rings (SSSR count). The minimum atomic E-state index is 0.550. The average Bonchev–Trinajstić information content (AvgIpc) is 3.25. The summed E-state index contributed by atoms with van der Waals surface area (Å²) in [5.41, 5.74) is 0.964. The number of thioether (sulfide) groups is 1. The minimum absolute atomic E-state index is 0.550. The van der Waals surface area contributed by atoms with E-state index in [1.165, 1.54) is 11.8 Å². The molecule has 9 heteroatoms. The van der Waals surface area contributed by atoms with Gasteiger partial charge in [-0.1, -0.05) is 23.8 Å². The second-order valence-corrected chi connectivity index (χ2v) is 5.88. The lowest BCUT2D eigenvalue weighted by molar-refractivity contribution is 0.185. The summed E-state index contributed by atoms with van der Waals surface area (Å²) in [7, 11) is 1.67. The van der Waals surface area contributed by atoms with Crippen molar-refractivity contribution in [3.63, 3.8) is 0 Å². The first kappa shape index (κ1) is 16.6. The number of rotatable bonds is 8. The number of pyridine rings is 1. The SMILES string of the molecule is CCc1noc(CSc2nnc(-c3ccncc3)n2CCOC)n1. The Morgan fingerprint density at radius 3 is 2.79 bits per heavy atom. The third kappa shape index (κ3) is 3.80. The smallest absolute Gasteiger partial charge is 0.237 e. The van der Waals surface area contributed by atoms with Gasteiger partial charge in [-0.2, -0.15) is 4.98 Å². The van der Waals surface area contributed by atoms with Crippen molar-refractivity contribution in [3.05, 3.63) is 36.2 Å². The molecule has 0 aliphatic carbocycles. The van der Waals surface area contributed by atoms with E-state index in [1.54, 1.807) is 19.5 Å². The number of hydrogen-bond acceptors (Lipinski definition) is 8. The third-order valence-electron chi connectivity index (χ3n) is 3.33. The molecule has 0 fully saturated rings. The van der Waals surface area contributed by atoms with Gasteiger partial charge in [0.15, 0.2) is 16.8 Å². The topological polar surface area (TPSA) is 91.8 Å². The predicted octanol–water partition coefficient (Wildman–Crippen LogP) is 2.22. The van der Waals surface area contributed by atoms with E-state index in [2.05, 4.69) is 25.3 Å². The van der Waals surface area contributed by atoms with Crippen LogP contribution in [0.1, 0.15) is 18.6 Å². The van der Waals surface area contributed by atoms with E-state index in [-0.39, 0.29) is 0 Å². The molecule has 0 unspecified atom stereocenters. The molecule has 0 atom stereocenters. The summed E-state index contributed by atoms with van der Waals surface area (Å²) in [6.45, 7) is 3.22. The molecule has 0 N–H and O–H groups in total. The first-order valence-corrected chi connectivity index (χ1v) is 8.57. The summed E-state index contributed by atoms with van der Waals surface area (Å²) in [5, 5.41) is 13.3. The van der Waals surface area contributed by atoms with Crippen LogP contribution in [0.4, 0.5) is 0 Å². The highest BCUT2D eigenvalue weighted by Crippen LogP contribution is 2.25. The largest absolute Gasteiger partial charge is 0.383 e. The number of aromatic nitrogens is 6. The molecule has 24 heavy (non-hydrogen) atoms. The van der Waals surface area contributed by atoms with E-state index in [9.17, 15) is 0 Å². The van der Waals surface area contributed by atoms with E-state index in [0.29, 0.717) is 30.6 Å². The molecule has 0 aliphatic rings. The van der Waals surface area contributed by atoms with Crippen LogP contribution >= 0.6 is 11.8 Å². The fourth-order valence-corrected chi connectivity index (χ4v) is 2.91. The zero-order chi connectivity index (χ0) is 16.8. The van der Waals surface area contributed by atoms with Gasteiger partial charge in [0.2, 0.25) is 5.89 Å². The molecule has 0 aromatic carbocycles. The molecule has 0 bridgehead atoms.